The molecule has 0 saturated heterocycles. The van der Waals surface area contributed by atoms with Crippen molar-refractivity contribution in [3.63, 3.8) is 0 Å². The van der Waals surface area contributed by atoms with Gasteiger partial charge in [-0.3, -0.25) is 4.79 Å². The Morgan fingerprint density at radius 3 is 2.52 bits per heavy atom. The van der Waals surface area contributed by atoms with E-state index in [9.17, 15) is 9.59 Å². The topological polar surface area (TPSA) is 87.5 Å². The largest absolute Gasteiger partial charge is 0.342 e. The molecular weight excluding hydrogens is 292 g/mol. The summed E-state index contributed by atoms with van der Waals surface area (Å²) in [4.78, 5) is 25.4. The summed E-state index contributed by atoms with van der Waals surface area (Å²) in [5.41, 5.74) is 5.56. The number of urea groups is 1. The summed E-state index contributed by atoms with van der Waals surface area (Å²) in [5, 5.41) is 5.95. The first-order valence-corrected chi connectivity index (χ1v) is 9.04. The predicted octanol–water partition coefficient (Wildman–Crippen LogP) is 1.98. The number of hydrogen-bond acceptors (Lipinski definition) is 3. The van der Waals surface area contributed by atoms with Crippen LogP contribution >= 0.6 is 0 Å². The van der Waals surface area contributed by atoms with Crippen molar-refractivity contribution in [2.75, 3.05) is 20.1 Å². The zero-order valence-corrected chi connectivity index (χ0v) is 14.8. The molecular formula is C17H34N4O2. The first kappa shape index (κ1) is 19.7. The molecule has 1 fully saturated rings. The highest BCUT2D eigenvalue weighted by atomic mass is 16.2. The number of hydrogen-bond donors (Lipinski definition) is 3. The quantitative estimate of drug-likeness (QED) is 0.566. The summed E-state index contributed by atoms with van der Waals surface area (Å²) in [6.45, 7) is 3.11. The molecule has 6 nitrogen and oxygen atoms in total. The van der Waals surface area contributed by atoms with Gasteiger partial charge in [-0.15, -0.1) is 0 Å². The molecule has 0 aromatic heterocycles. The van der Waals surface area contributed by atoms with E-state index < -0.39 is 0 Å². The molecule has 0 spiro atoms. The smallest absolute Gasteiger partial charge is 0.315 e. The van der Waals surface area contributed by atoms with Gasteiger partial charge in [0.1, 0.15) is 0 Å². The summed E-state index contributed by atoms with van der Waals surface area (Å²) >= 11 is 0. The lowest BCUT2D eigenvalue weighted by atomic mass is 9.96. The second kappa shape index (κ2) is 11.3. The van der Waals surface area contributed by atoms with Gasteiger partial charge in [-0.05, 0) is 32.6 Å². The third-order valence-electron chi connectivity index (χ3n) is 4.69. The number of carbonyl (C=O) groups excluding carboxylic acids is 2. The Kier molecular flexibility index (Phi) is 9.67. The number of unbranched alkanes of at least 4 members (excludes halogenated alkanes) is 2. The number of nitrogens with zero attached hydrogens (tertiary/aromatic N) is 1. The normalized spacial score (nSPS) is 16.7. The van der Waals surface area contributed by atoms with Crippen LogP contribution in [-0.2, 0) is 4.79 Å². The Labute approximate surface area is 140 Å². The van der Waals surface area contributed by atoms with Crippen LogP contribution in [-0.4, -0.2) is 49.1 Å². The van der Waals surface area contributed by atoms with Gasteiger partial charge in [-0.1, -0.05) is 25.7 Å². The van der Waals surface area contributed by atoms with E-state index >= 15 is 0 Å². The number of carbonyl (C=O) groups is 2. The second-order valence-electron chi connectivity index (χ2n) is 6.64. The maximum Gasteiger partial charge on any atom is 0.315 e. The molecule has 1 aliphatic carbocycles. The Balaban J connectivity index is 2.00. The Hall–Kier alpha value is -1.30. The summed E-state index contributed by atoms with van der Waals surface area (Å²) in [5.74, 6) is 0.144. The summed E-state index contributed by atoms with van der Waals surface area (Å²) in [6.07, 6.45) is 9.18. The van der Waals surface area contributed by atoms with Crippen LogP contribution in [0.15, 0.2) is 0 Å². The average Bonchev–Trinajstić information content (AvgIpc) is 2.57. The van der Waals surface area contributed by atoms with Crippen molar-refractivity contribution in [1.82, 2.24) is 15.5 Å². The number of likely N-dealkylation sites (N-methyl/N-ethyl adjacent to an activating group) is 1. The molecule has 23 heavy (non-hydrogen) atoms. The van der Waals surface area contributed by atoms with Crippen LogP contribution in [0.2, 0.25) is 0 Å². The molecule has 1 aliphatic rings. The van der Waals surface area contributed by atoms with E-state index in [1.54, 1.807) is 11.9 Å². The van der Waals surface area contributed by atoms with Gasteiger partial charge in [-0.25, -0.2) is 4.79 Å². The highest BCUT2D eigenvalue weighted by Crippen LogP contribution is 2.17. The van der Waals surface area contributed by atoms with Crippen LogP contribution in [0, 0.1) is 0 Å². The number of rotatable bonds is 9. The second-order valence-corrected chi connectivity index (χ2v) is 6.64. The van der Waals surface area contributed by atoms with E-state index in [4.69, 9.17) is 5.73 Å². The average molecular weight is 326 g/mol. The van der Waals surface area contributed by atoms with Gasteiger partial charge >= 0.3 is 6.03 Å². The summed E-state index contributed by atoms with van der Waals surface area (Å²) < 4.78 is 0. The zero-order valence-electron chi connectivity index (χ0n) is 14.8. The monoisotopic (exact) mass is 326 g/mol. The van der Waals surface area contributed by atoms with Gasteiger partial charge in [0.05, 0.1) is 0 Å². The number of nitrogens with two attached hydrogens (primary N) is 1. The molecule has 1 atom stereocenters. The van der Waals surface area contributed by atoms with Crippen molar-refractivity contribution in [2.24, 2.45) is 5.73 Å². The van der Waals surface area contributed by atoms with E-state index in [1.807, 2.05) is 6.92 Å². The Morgan fingerprint density at radius 2 is 1.87 bits per heavy atom. The molecule has 0 aliphatic heterocycles. The van der Waals surface area contributed by atoms with E-state index in [1.165, 1.54) is 19.3 Å². The van der Waals surface area contributed by atoms with Crippen LogP contribution in [0.5, 0.6) is 0 Å². The van der Waals surface area contributed by atoms with Crippen molar-refractivity contribution in [2.45, 2.75) is 76.8 Å². The standard InChI is InChI=1S/C17H34N4O2/c1-14(13-18)21(2)16(22)11-7-4-8-12-19-17(23)20-15-9-5-3-6-10-15/h14-15H,3-13,18H2,1-2H3,(H2,19,20,23). The van der Waals surface area contributed by atoms with E-state index in [-0.39, 0.29) is 18.0 Å². The van der Waals surface area contributed by atoms with E-state index in [0.717, 1.165) is 32.1 Å². The van der Waals surface area contributed by atoms with Gasteiger partial charge in [-0.2, -0.15) is 0 Å². The third-order valence-corrected chi connectivity index (χ3v) is 4.69. The number of nitrogens with one attached hydrogen (secondary N) is 2. The van der Waals surface area contributed by atoms with Gasteiger partial charge in [0.15, 0.2) is 0 Å². The first-order chi connectivity index (χ1) is 11.0. The molecule has 4 N–H and O–H groups in total. The highest BCUT2D eigenvalue weighted by Gasteiger charge is 2.15. The fourth-order valence-corrected chi connectivity index (χ4v) is 2.84. The van der Waals surface area contributed by atoms with Crippen molar-refractivity contribution >= 4 is 11.9 Å². The van der Waals surface area contributed by atoms with Gasteiger partial charge < -0.3 is 21.3 Å². The number of amides is 3. The van der Waals surface area contributed by atoms with Crippen LogP contribution < -0.4 is 16.4 Å². The molecule has 0 radical (unpaired) electrons. The lowest BCUT2D eigenvalue weighted by Gasteiger charge is -2.23. The lowest BCUT2D eigenvalue weighted by molar-refractivity contribution is -0.131. The van der Waals surface area contributed by atoms with Crippen LogP contribution in [0.3, 0.4) is 0 Å². The van der Waals surface area contributed by atoms with Crippen molar-refractivity contribution in [1.29, 1.82) is 0 Å². The fraction of sp³-hybridized carbons (Fsp3) is 0.882. The Morgan fingerprint density at radius 1 is 1.17 bits per heavy atom. The fourth-order valence-electron chi connectivity index (χ4n) is 2.84. The minimum absolute atomic E-state index is 0.0514. The molecule has 0 bridgehead atoms. The van der Waals surface area contributed by atoms with Gasteiger partial charge in [0, 0.05) is 38.6 Å². The molecule has 134 valence electrons. The maximum atomic E-state index is 11.9. The minimum atomic E-state index is -0.0514. The van der Waals surface area contributed by atoms with Crippen molar-refractivity contribution < 1.29 is 9.59 Å². The summed E-state index contributed by atoms with van der Waals surface area (Å²) in [7, 11) is 1.80. The van der Waals surface area contributed by atoms with E-state index in [0.29, 0.717) is 25.6 Å². The van der Waals surface area contributed by atoms with Crippen LogP contribution in [0.4, 0.5) is 4.79 Å². The van der Waals surface area contributed by atoms with Crippen molar-refractivity contribution in [3.05, 3.63) is 0 Å². The molecule has 6 heteroatoms. The SMILES string of the molecule is CC(CN)N(C)C(=O)CCCCCNC(=O)NC1CCCCC1. The van der Waals surface area contributed by atoms with Gasteiger partial charge in [0.25, 0.3) is 0 Å². The highest BCUT2D eigenvalue weighted by molar-refractivity contribution is 5.76. The van der Waals surface area contributed by atoms with Crippen LogP contribution in [0.25, 0.3) is 0 Å². The van der Waals surface area contributed by atoms with Crippen LogP contribution in [0.1, 0.15) is 64.7 Å². The lowest BCUT2D eigenvalue weighted by Crippen LogP contribution is -2.43. The molecule has 1 saturated carbocycles. The predicted molar refractivity (Wildman–Crippen MR) is 93.2 cm³/mol. The maximum absolute atomic E-state index is 11.9. The summed E-state index contributed by atoms with van der Waals surface area (Å²) in [6, 6.07) is 0.388. The molecule has 1 unspecified atom stereocenters. The Bertz CT molecular complexity index is 357. The van der Waals surface area contributed by atoms with E-state index in [2.05, 4.69) is 10.6 Å². The molecule has 3 amide bonds. The van der Waals surface area contributed by atoms with Crippen molar-refractivity contribution in [3.8, 4) is 0 Å². The molecule has 0 aromatic carbocycles. The minimum Gasteiger partial charge on any atom is -0.342 e. The zero-order chi connectivity index (χ0) is 17.1. The molecule has 0 heterocycles. The van der Waals surface area contributed by atoms with Gasteiger partial charge in [0.2, 0.25) is 5.91 Å². The molecule has 0 aromatic rings. The molecule has 1 rings (SSSR count). The first-order valence-electron chi connectivity index (χ1n) is 9.04. The third kappa shape index (κ3) is 8.21.